The third kappa shape index (κ3) is 3.15. The van der Waals surface area contributed by atoms with Gasteiger partial charge in [-0.3, -0.25) is 4.79 Å². The van der Waals surface area contributed by atoms with E-state index in [9.17, 15) is 4.79 Å². The minimum atomic E-state index is -0.106. The van der Waals surface area contributed by atoms with Crippen LogP contribution in [0.15, 0.2) is 54.6 Å². The van der Waals surface area contributed by atoms with Gasteiger partial charge in [0.1, 0.15) is 6.54 Å². The van der Waals surface area contributed by atoms with Crippen LogP contribution in [0.3, 0.4) is 0 Å². The van der Waals surface area contributed by atoms with Gasteiger partial charge in [-0.1, -0.05) is 54.6 Å². The Morgan fingerprint density at radius 1 is 1.00 bits per heavy atom. The molecular weight excluding hydrogens is 284 g/mol. The van der Waals surface area contributed by atoms with E-state index >= 15 is 0 Å². The quantitative estimate of drug-likeness (QED) is 0.885. The summed E-state index contributed by atoms with van der Waals surface area (Å²) in [6, 6.07) is 19.2. The summed E-state index contributed by atoms with van der Waals surface area (Å²) < 4.78 is 0. The molecule has 3 heteroatoms. The first kappa shape index (κ1) is 14.5. The number of carbonyl (C=O) groups is 1. The van der Waals surface area contributed by atoms with Gasteiger partial charge in [-0.25, -0.2) is 0 Å². The molecule has 1 unspecified atom stereocenters. The van der Waals surface area contributed by atoms with Gasteiger partial charge >= 0.3 is 0 Å². The lowest BCUT2D eigenvalue weighted by molar-refractivity contribution is -0.937. The first-order chi connectivity index (χ1) is 11.3. The molecule has 0 spiro atoms. The van der Waals surface area contributed by atoms with Crippen molar-refractivity contribution in [3.05, 3.63) is 71.3 Å². The van der Waals surface area contributed by atoms with Crippen molar-refractivity contribution in [2.24, 2.45) is 0 Å². The number of amides is 1. The van der Waals surface area contributed by atoms with Crippen molar-refractivity contribution in [1.29, 1.82) is 0 Å². The fourth-order valence-corrected chi connectivity index (χ4v) is 3.58. The molecule has 1 amide bonds. The molecule has 1 aliphatic heterocycles. The van der Waals surface area contributed by atoms with Crippen molar-refractivity contribution >= 4 is 5.91 Å². The van der Waals surface area contributed by atoms with E-state index in [1.54, 1.807) is 0 Å². The van der Waals surface area contributed by atoms with Gasteiger partial charge in [-0.2, -0.15) is 0 Å². The second kappa shape index (κ2) is 6.17. The molecular formula is C20H23N2O+. The number of carbonyl (C=O) groups excluding carboxylic acids is 1. The summed E-state index contributed by atoms with van der Waals surface area (Å²) in [5.41, 5.74) is 3.94. The minimum Gasteiger partial charge on any atom is -0.348 e. The normalized spacial score (nSPS) is 21.3. The zero-order chi connectivity index (χ0) is 15.6. The summed E-state index contributed by atoms with van der Waals surface area (Å²) in [7, 11) is 0. The Balaban J connectivity index is 1.61. The average molecular weight is 307 g/mol. The van der Waals surface area contributed by atoms with Crippen LogP contribution in [0, 0.1) is 0 Å². The predicted octanol–water partition coefficient (Wildman–Crippen LogP) is 1.65. The minimum absolute atomic E-state index is 0.106. The molecule has 1 heterocycles. The van der Waals surface area contributed by atoms with Gasteiger partial charge in [0, 0.05) is 23.6 Å². The number of quaternary nitrogens is 1. The maximum absolute atomic E-state index is 12.9. The van der Waals surface area contributed by atoms with E-state index in [0.717, 1.165) is 37.9 Å². The van der Waals surface area contributed by atoms with Crippen LogP contribution in [0.4, 0.5) is 0 Å². The topological polar surface area (TPSA) is 33.5 Å². The Labute approximate surface area is 137 Å². The average Bonchev–Trinajstić information content (AvgIpc) is 3.40. The highest BCUT2D eigenvalue weighted by atomic mass is 16.2. The Bertz CT molecular complexity index is 694. The van der Waals surface area contributed by atoms with Crippen molar-refractivity contribution in [3.63, 3.8) is 0 Å². The Kier molecular flexibility index (Phi) is 3.88. The largest absolute Gasteiger partial charge is 0.348 e. The Hall–Kier alpha value is -2.13. The first-order valence-electron chi connectivity index (χ1n) is 8.58. The van der Waals surface area contributed by atoms with Gasteiger partial charge in [0.2, 0.25) is 0 Å². The summed E-state index contributed by atoms with van der Waals surface area (Å²) in [6.45, 7) is 1.93. The number of nitrogens with one attached hydrogen (secondary N) is 2. The van der Waals surface area contributed by atoms with Gasteiger partial charge in [-0.05, 0) is 18.4 Å². The molecule has 2 aromatic carbocycles. The van der Waals surface area contributed by atoms with Gasteiger partial charge in [-0.15, -0.1) is 0 Å². The molecule has 1 fully saturated rings. The van der Waals surface area contributed by atoms with Crippen LogP contribution in [0.5, 0.6) is 0 Å². The zero-order valence-corrected chi connectivity index (χ0v) is 13.3. The second-order valence-electron chi connectivity index (χ2n) is 6.73. The molecule has 1 aliphatic carbocycles. The van der Waals surface area contributed by atoms with Gasteiger partial charge in [0.05, 0.1) is 6.54 Å². The van der Waals surface area contributed by atoms with E-state index in [1.807, 2.05) is 18.2 Å². The van der Waals surface area contributed by atoms with Gasteiger partial charge in [0.15, 0.2) is 6.04 Å². The summed E-state index contributed by atoms with van der Waals surface area (Å²) in [6.07, 6.45) is 3.31. The molecule has 3 nitrogen and oxygen atoms in total. The molecule has 1 saturated carbocycles. The summed E-state index contributed by atoms with van der Waals surface area (Å²) >= 11 is 0. The highest BCUT2D eigenvalue weighted by molar-refractivity contribution is 5.82. The van der Waals surface area contributed by atoms with Crippen molar-refractivity contribution in [2.75, 3.05) is 6.54 Å². The number of fused-ring (bicyclic) bond motifs is 1. The molecule has 2 N–H and O–H groups in total. The van der Waals surface area contributed by atoms with Crippen LogP contribution in [0.2, 0.25) is 0 Å². The highest BCUT2D eigenvalue weighted by Crippen LogP contribution is 2.21. The third-order valence-electron chi connectivity index (χ3n) is 4.98. The molecule has 23 heavy (non-hydrogen) atoms. The van der Waals surface area contributed by atoms with Crippen molar-refractivity contribution in [3.8, 4) is 0 Å². The molecule has 2 aliphatic rings. The SMILES string of the molecule is O=C(NC1CC1)[C@@H](c1ccccc1)[NH+]1CCc2ccccc2C1. The first-order valence-corrected chi connectivity index (χ1v) is 8.58. The maximum Gasteiger partial charge on any atom is 0.283 e. The summed E-state index contributed by atoms with van der Waals surface area (Å²) in [4.78, 5) is 14.2. The lowest BCUT2D eigenvalue weighted by Gasteiger charge is -2.32. The fraction of sp³-hybridized carbons (Fsp3) is 0.350. The molecule has 0 aromatic heterocycles. The smallest absolute Gasteiger partial charge is 0.283 e. The Morgan fingerprint density at radius 2 is 1.70 bits per heavy atom. The molecule has 0 saturated heterocycles. The van der Waals surface area contributed by atoms with Crippen LogP contribution in [0.1, 0.15) is 35.6 Å². The maximum atomic E-state index is 12.9. The van der Waals surface area contributed by atoms with E-state index in [1.165, 1.54) is 16.0 Å². The van der Waals surface area contributed by atoms with Crippen LogP contribution in [-0.2, 0) is 17.8 Å². The molecule has 0 radical (unpaired) electrons. The van der Waals surface area contributed by atoms with E-state index in [4.69, 9.17) is 0 Å². The second-order valence-corrected chi connectivity index (χ2v) is 6.73. The van der Waals surface area contributed by atoms with Crippen LogP contribution >= 0.6 is 0 Å². The van der Waals surface area contributed by atoms with Gasteiger partial charge in [0.25, 0.3) is 5.91 Å². The van der Waals surface area contributed by atoms with Crippen molar-refractivity contribution in [2.45, 2.75) is 37.9 Å². The van der Waals surface area contributed by atoms with Crippen molar-refractivity contribution < 1.29 is 9.69 Å². The zero-order valence-electron chi connectivity index (χ0n) is 13.3. The van der Waals surface area contributed by atoms with E-state index < -0.39 is 0 Å². The lowest BCUT2D eigenvalue weighted by Crippen LogP contribution is -3.13. The third-order valence-corrected chi connectivity index (χ3v) is 4.98. The Morgan fingerprint density at radius 3 is 2.43 bits per heavy atom. The number of hydrogen-bond acceptors (Lipinski definition) is 1. The highest BCUT2D eigenvalue weighted by Gasteiger charge is 2.36. The lowest BCUT2D eigenvalue weighted by atomic mass is 9.96. The van der Waals surface area contributed by atoms with E-state index in [0.29, 0.717) is 6.04 Å². The number of hydrogen-bond donors (Lipinski definition) is 2. The van der Waals surface area contributed by atoms with Gasteiger partial charge < -0.3 is 10.2 Å². The molecule has 2 atom stereocenters. The molecule has 4 rings (SSSR count). The number of benzene rings is 2. The molecule has 2 aromatic rings. The molecule has 118 valence electrons. The number of rotatable bonds is 4. The van der Waals surface area contributed by atoms with E-state index in [2.05, 4.69) is 41.7 Å². The fourth-order valence-electron chi connectivity index (χ4n) is 3.58. The standard InChI is InChI=1S/C20H22N2O/c23-20(21-18-10-11-18)19(16-7-2-1-3-8-16)22-13-12-15-6-4-5-9-17(15)14-22/h1-9,18-19H,10-14H2,(H,21,23)/p+1/t19-/m1/s1. The van der Waals surface area contributed by atoms with E-state index in [-0.39, 0.29) is 11.9 Å². The summed E-state index contributed by atoms with van der Waals surface area (Å²) in [5.74, 6) is 0.188. The van der Waals surface area contributed by atoms with Crippen LogP contribution in [-0.4, -0.2) is 18.5 Å². The van der Waals surface area contributed by atoms with Crippen LogP contribution < -0.4 is 10.2 Å². The molecule has 0 bridgehead atoms. The monoisotopic (exact) mass is 307 g/mol. The van der Waals surface area contributed by atoms with Crippen molar-refractivity contribution in [1.82, 2.24) is 5.32 Å². The summed E-state index contributed by atoms with van der Waals surface area (Å²) in [5, 5.41) is 3.21. The predicted molar refractivity (Wildman–Crippen MR) is 90.0 cm³/mol. The van der Waals surface area contributed by atoms with Crippen LogP contribution in [0.25, 0.3) is 0 Å².